The molecule has 0 aliphatic rings. The van der Waals surface area contributed by atoms with Crippen LogP contribution in [-0.2, 0) is 0 Å². The van der Waals surface area contributed by atoms with Crippen molar-refractivity contribution in [2.45, 2.75) is 301 Å². The largest absolute Gasteiger partial charge is 0.317 e. The third-order valence-corrected chi connectivity index (χ3v) is 9.93. The predicted octanol–water partition coefficient (Wildman–Crippen LogP) is 20.6. The summed E-state index contributed by atoms with van der Waals surface area (Å²) in [5.74, 6) is 0. The molecule has 370 valence electrons. The molecular formula is C58H128N2. The minimum absolute atomic E-state index is 0.492. The molecule has 0 aromatic rings. The Hall–Kier alpha value is -0.340. The summed E-state index contributed by atoms with van der Waals surface area (Å²) in [6.45, 7) is 59.5. The lowest BCUT2D eigenvalue weighted by atomic mass is 9.88. The van der Waals surface area contributed by atoms with Crippen LogP contribution in [0.15, 0.2) is 12.2 Å². The maximum Gasteiger partial charge on any atom is -0.00216 e. The molecule has 0 heterocycles. The number of hydrogen-bond acceptors (Lipinski definition) is 2. The molecule has 1 N–H and O–H groups in total. The van der Waals surface area contributed by atoms with Crippen LogP contribution in [0.4, 0.5) is 0 Å². The first-order valence-electron chi connectivity index (χ1n) is 26.2. The van der Waals surface area contributed by atoms with Crippen LogP contribution in [0.1, 0.15) is 301 Å². The van der Waals surface area contributed by atoms with Gasteiger partial charge in [0.25, 0.3) is 0 Å². The van der Waals surface area contributed by atoms with Crippen molar-refractivity contribution in [1.29, 1.82) is 0 Å². The van der Waals surface area contributed by atoms with E-state index in [1.54, 1.807) is 0 Å². The zero-order chi connectivity index (χ0) is 48.4. The van der Waals surface area contributed by atoms with Crippen LogP contribution in [-0.4, -0.2) is 38.1 Å². The van der Waals surface area contributed by atoms with E-state index < -0.39 is 0 Å². The zero-order valence-corrected chi connectivity index (χ0v) is 47.8. The highest BCUT2D eigenvalue weighted by atomic mass is 15.1. The van der Waals surface area contributed by atoms with Crippen molar-refractivity contribution < 1.29 is 0 Å². The lowest BCUT2D eigenvalue weighted by molar-refractivity contribution is 0.265. The first-order valence-corrected chi connectivity index (χ1v) is 26.2. The summed E-state index contributed by atoms with van der Waals surface area (Å²) >= 11 is 0. The minimum atomic E-state index is 0.492. The number of hydrogen-bond donors (Lipinski definition) is 1. The molecule has 0 saturated heterocycles. The Balaban J connectivity index is -0.000000162. The molecule has 0 unspecified atom stereocenters. The van der Waals surface area contributed by atoms with Gasteiger partial charge in [-0.15, -0.1) is 0 Å². The lowest BCUT2D eigenvalue weighted by Gasteiger charge is -2.23. The summed E-state index contributed by atoms with van der Waals surface area (Å²) in [5, 5.41) is 3.57. The number of nitrogens with one attached hydrogen (secondary N) is 1. The van der Waals surface area contributed by atoms with Gasteiger partial charge in [-0.1, -0.05) is 235 Å². The summed E-state index contributed by atoms with van der Waals surface area (Å²) in [4.78, 5) is 2.48. The van der Waals surface area contributed by atoms with E-state index >= 15 is 0 Å². The van der Waals surface area contributed by atoms with Crippen molar-refractivity contribution in [1.82, 2.24) is 10.2 Å². The van der Waals surface area contributed by atoms with Crippen molar-refractivity contribution >= 4 is 0 Å². The van der Waals surface area contributed by atoms with E-state index in [2.05, 4.69) is 170 Å². The summed E-state index contributed by atoms with van der Waals surface area (Å²) in [6.07, 6.45) is 32.6. The Bertz CT molecular complexity index is 744. The average Bonchev–Trinajstić information content (AvgIpc) is 3.07. The smallest absolute Gasteiger partial charge is 0.00216 e. The Kier molecular flexibility index (Phi) is 52.2. The van der Waals surface area contributed by atoms with E-state index in [-0.39, 0.29) is 0 Å². The van der Waals surface area contributed by atoms with Gasteiger partial charge >= 0.3 is 0 Å². The Morgan fingerprint density at radius 1 is 0.333 bits per heavy atom. The highest BCUT2D eigenvalue weighted by Crippen LogP contribution is 2.26. The Labute approximate surface area is 387 Å². The molecule has 0 aromatic carbocycles. The van der Waals surface area contributed by atoms with Gasteiger partial charge in [-0.05, 0) is 144 Å². The second-order valence-corrected chi connectivity index (χ2v) is 25.5. The molecule has 2 heteroatoms. The molecule has 0 saturated carbocycles. The lowest BCUT2D eigenvalue weighted by Crippen LogP contribution is -2.23. The van der Waals surface area contributed by atoms with E-state index in [4.69, 9.17) is 0 Å². The van der Waals surface area contributed by atoms with Crippen LogP contribution in [0.25, 0.3) is 0 Å². The van der Waals surface area contributed by atoms with Crippen molar-refractivity contribution in [3.63, 3.8) is 0 Å². The highest BCUT2D eigenvalue weighted by molar-refractivity contribution is 4.69. The Morgan fingerprint density at radius 2 is 0.550 bits per heavy atom. The van der Waals surface area contributed by atoms with Crippen molar-refractivity contribution in [2.24, 2.45) is 32.5 Å². The van der Waals surface area contributed by atoms with Crippen LogP contribution < -0.4 is 5.32 Å². The molecule has 0 rings (SSSR count). The predicted molar refractivity (Wildman–Crippen MR) is 287 cm³/mol. The van der Waals surface area contributed by atoms with Crippen molar-refractivity contribution in [3.05, 3.63) is 12.2 Å². The number of nitrogens with zero attached hydrogens (tertiary/aromatic N) is 1. The van der Waals surface area contributed by atoms with E-state index in [9.17, 15) is 0 Å². The summed E-state index contributed by atoms with van der Waals surface area (Å²) in [5.41, 5.74) is 3.06. The maximum absolute atomic E-state index is 3.57. The topological polar surface area (TPSA) is 15.3 Å². The van der Waals surface area contributed by atoms with Gasteiger partial charge in [0.2, 0.25) is 0 Å². The fraction of sp³-hybridized carbons (Fsp3) is 0.966. The molecule has 0 aliphatic carbocycles. The monoisotopic (exact) mass is 853 g/mol. The zero-order valence-electron chi connectivity index (χ0n) is 47.8. The summed E-state index contributed by atoms with van der Waals surface area (Å²) in [7, 11) is 2.26. The van der Waals surface area contributed by atoms with Crippen LogP contribution in [0.5, 0.6) is 0 Å². The molecule has 60 heavy (non-hydrogen) atoms. The van der Waals surface area contributed by atoms with Crippen LogP contribution in [0.2, 0.25) is 0 Å². The first kappa shape index (κ1) is 71.3. The Morgan fingerprint density at radius 3 is 0.800 bits per heavy atom. The maximum atomic E-state index is 3.57. The standard InChI is InChI=1S/C17H37N.C15H33N.C15H32.C4H10.C4H8.C3H8/c1-16(2,3)12-9-7-8-10-14-18-15-11-13-17(4,5)6;1-14(2,3)10-8-12-16(7)13-9-11-15(4,5)6;1-14(2,3)12-10-8-7-9-11-13-15(4,5)6;2*1-3-4-2;1-3-2/h18H,7-15H2,1-6H3;8-13H2,1-7H3;7-13H2,1-6H3;3-4H2,1-2H3;3-4H,1-2H3;3H2,1-2H3. The fourth-order valence-corrected chi connectivity index (χ4v) is 5.84. The van der Waals surface area contributed by atoms with Crippen molar-refractivity contribution in [2.75, 3.05) is 33.2 Å². The second-order valence-electron chi connectivity index (χ2n) is 25.5. The third-order valence-electron chi connectivity index (χ3n) is 9.93. The third kappa shape index (κ3) is 102. The normalized spacial score (nSPS) is 12.2. The summed E-state index contributed by atoms with van der Waals surface area (Å²) in [6, 6.07) is 0. The second kappa shape index (κ2) is 43.9. The SMILES string of the molecule is CC(C)(C)CCCCCCCC(C)(C)C.CC(C)(C)CCCCCCNCCCC(C)(C)C.CC=CC.CCC.CCCC.CN(CCCC(C)(C)C)CCCC(C)(C)C. The van der Waals surface area contributed by atoms with Gasteiger partial charge in [0, 0.05) is 0 Å². The van der Waals surface area contributed by atoms with Crippen LogP contribution in [0.3, 0.4) is 0 Å². The number of unbranched alkanes of at least 4 members (excludes halogenated alkanes) is 8. The molecule has 0 bridgehead atoms. The summed E-state index contributed by atoms with van der Waals surface area (Å²) < 4.78 is 0. The van der Waals surface area contributed by atoms with E-state index in [0.717, 1.165) is 0 Å². The fourth-order valence-electron chi connectivity index (χ4n) is 5.84. The van der Waals surface area contributed by atoms with E-state index in [1.165, 1.54) is 161 Å². The van der Waals surface area contributed by atoms with Gasteiger partial charge in [0.1, 0.15) is 0 Å². The van der Waals surface area contributed by atoms with E-state index in [1.807, 2.05) is 26.0 Å². The minimum Gasteiger partial charge on any atom is -0.317 e. The van der Waals surface area contributed by atoms with Gasteiger partial charge in [-0.3, -0.25) is 0 Å². The quantitative estimate of drug-likeness (QED) is 0.0862. The molecule has 0 radical (unpaired) electrons. The number of allylic oxidation sites excluding steroid dienone is 2. The van der Waals surface area contributed by atoms with Gasteiger partial charge in [-0.2, -0.15) is 0 Å². The molecule has 0 atom stereocenters. The molecule has 0 aliphatic heterocycles. The van der Waals surface area contributed by atoms with E-state index in [0.29, 0.717) is 32.5 Å². The van der Waals surface area contributed by atoms with Gasteiger partial charge in [0.15, 0.2) is 0 Å². The van der Waals surface area contributed by atoms with Gasteiger partial charge in [0.05, 0.1) is 0 Å². The molecular weight excluding hydrogens is 725 g/mol. The van der Waals surface area contributed by atoms with Gasteiger partial charge < -0.3 is 10.2 Å². The average molecular weight is 854 g/mol. The molecule has 2 nitrogen and oxygen atoms in total. The van der Waals surface area contributed by atoms with Crippen molar-refractivity contribution in [3.8, 4) is 0 Å². The van der Waals surface area contributed by atoms with Crippen LogP contribution in [0, 0.1) is 32.5 Å². The number of rotatable bonds is 22. The molecule has 0 fully saturated rings. The highest BCUT2D eigenvalue weighted by Gasteiger charge is 2.13. The first-order chi connectivity index (χ1) is 27.3. The molecule has 0 aromatic heterocycles. The molecule has 0 amide bonds. The molecule has 0 spiro atoms. The van der Waals surface area contributed by atoms with Crippen LogP contribution >= 0.6 is 0 Å². The van der Waals surface area contributed by atoms with Gasteiger partial charge in [-0.25, -0.2) is 0 Å².